The van der Waals surface area contributed by atoms with Gasteiger partial charge >= 0.3 is 0 Å². The Hall–Kier alpha value is -2.15. The second kappa shape index (κ2) is 6.53. The number of rotatable bonds is 6. The van der Waals surface area contributed by atoms with Crippen molar-refractivity contribution in [2.24, 2.45) is 10.9 Å². The highest BCUT2D eigenvalue weighted by molar-refractivity contribution is 5.97. The topological polar surface area (TPSA) is 99.7 Å². The average Bonchev–Trinajstić information content (AvgIpc) is 3.28. The molecule has 1 amide bonds. The molecule has 0 heterocycles. The lowest BCUT2D eigenvalue weighted by atomic mass is 10.1. The Kier molecular flexibility index (Phi) is 4.74. The van der Waals surface area contributed by atoms with Gasteiger partial charge < -0.3 is 21.6 Å². The third-order valence-corrected chi connectivity index (χ3v) is 3.38. The predicted octanol–water partition coefficient (Wildman–Crippen LogP) is 0.677. The third-order valence-electron chi connectivity index (χ3n) is 3.38. The smallest absolute Gasteiger partial charge is 0.237 e. The molecule has 0 aliphatic heterocycles. The van der Waals surface area contributed by atoms with Gasteiger partial charge in [-0.25, -0.2) is 4.39 Å². The van der Waals surface area contributed by atoms with Crippen LogP contribution >= 0.6 is 0 Å². The van der Waals surface area contributed by atoms with Gasteiger partial charge in [0.25, 0.3) is 0 Å². The Balaban J connectivity index is 1.97. The first-order valence-corrected chi connectivity index (χ1v) is 6.82. The molecule has 1 unspecified atom stereocenters. The number of nitrogens with zero attached hydrogens (tertiary/aromatic N) is 1. The Morgan fingerprint density at radius 3 is 2.90 bits per heavy atom. The van der Waals surface area contributed by atoms with Crippen LogP contribution in [0.3, 0.4) is 0 Å². The van der Waals surface area contributed by atoms with E-state index in [1.807, 2.05) is 0 Å². The summed E-state index contributed by atoms with van der Waals surface area (Å²) >= 11 is 0. The van der Waals surface area contributed by atoms with E-state index in [4.69, 9.17) is 10.9 Å². The van der Waals surface area contributed by atoms with Gasteiger partial charge in [-0.3, -0.25) is 4.79 Å². The molecule has 7 heteroatoms. The number of carbonyl (C=O) groups is 1. The highest BCUT2D eigenvalue weighted by Gasteiger charge is 2.25. The fourth-order valence-corrected chi connectivity index (χ4v) is 1.88. The fraction of sp³-hybridized carbons (Fsp3) is 0.429. The van der Waals surface area contributed by atoms with Crippen LogP contribution in [-0.4, -0.2) is 29.0 Å². The van der Waals surface area contributed by atoms with Crippen molar-refractivity contribution in [2.75, 3.05) is 0 Å². The van der Waals surface area contributed by atoms with Crippen molar-refractivity contribution in [1.82, 2.24) is 10.6 Å². The third kappa shape index (κ3) is 3.91. The number of nitrogens with two attached hydrogens (primary N) is 1. The number of amides is 1. The summed E-state index contributed by atoms with van der Waals surface area (Å²) in [5, 5.41) is 17.2. The van der Waals surface area contributed by atoms with E-state index in [0.29, 0.717) is 11.6 Å². The molecule has 1 aromatic carbocycles. The molecule has 6 nitrogen and oxygen atoms in total. The Bertz CT molecular complexity index is 558. The number of halogens is 1. The minimum Gasteiger partial charge on any atom is -0.409 e. The summed E-state index contributed by atoms with van der Waals surface area (Å²) < 4.78 is 14.2. The minimum atomic E-state index is -0.560. The van der Waals surface area contributed by atoms with Crippen LogP contribution in [-0.2, 0) is 11.3 Å². The maximum atomic E-state index is 14.2. The largest absolute Gasteiger partial charge is 0.409 e. The molecule has 1 fully saturated rings. The number of benzene rings is 1. The number of nitrogens with one attached hydrogen (secondary N) is 2. The van der Waals surface area contributed by atoms with E-state index in [1.54, 1.807) is 19.1 Å². The van der Waals surface area contributed by atoms with Gasteiger partial charge in [-0.2, -0.15) is 0 Å². The second-order valence-corrected chi connectivity index (χ2v) is 5.15. The van der Waals surface area contributed by atoms with Gasteiger partial charge in [0.1, 0.15) is 5.82 Å². The van der Waals surface area contributed by atoms with Gasteiger partial charge in [0.15, 0.2) is 5.84 Å². The lowest BCUT2D eigenvalue weighted by Crippen LogP contribution is -2.42. The molecule has 1 saturated carbocycles. The fourth-order valence-electron chi connectivity index (χ4n) is 1.88. The van der Waals surface area contributed by atoms with E-state index in [9.17, 15) is 9.18 Å². The van der Waals surface area contributed by atoms with E-state index in [-0.39, 0.29) is 23.9 Å². The summed E-state index contributed by atoms with van der Waals surface area (Å²) in [6, 6.07) is 4.50. The van der Waals surface area contributed by atoms with Gasteiger partial charge in [-0.15, -0.1) is 0 Å². The number of carbonyl (C=O) groups excluding carboxylic acids is 1. The first-order chi connectivity index (χ1) is 10.0. The molecule has 1 aliphatic carbocycles. The van der Waals surface area contributed by atoms with Crippen LogP contribution in [0.4, 0.5) is 4.39 Å². The van der Waals surface area contributed by atoms with E-state index in [2.05, 4.69) is 15.8 Å². The quantitative estimate of drug-likeness (QED) is 0.268. The number of amidine groups is 1. The summed E-state index contributed by atoms with van der Waals surface area (Å²) in [4.78, 5) is 11.8. The van der Waals surface area contributed by atoms with Crippen LogP contribution in [0.5, 0.6) is 0 Å². The summed E-state index contributed by atoms with van der Waals surface area (Å²) in [6.07, 6.45) is 2.05. The van der Waals surface area contributed by atoms with Crippen LogP contribution in [0, 0.1) is 5.82 Å². The summed E-state index contributed by atoms with van der Waals surface area (Å²) in [7, 11) is 0. The van der Waals surface area contributed by atoms with Crippen LogP contribution < -0.4 is 16.4 Å². The Labute approximate surface area is 122 Å². The van der Waals surface area contributed by atoms with Crippen molar-refractivity contribution in [3.63, 3.8) is 0 Å². The van der Waals surface area contributed by atoms with Crippen molar-refractivity contribution in [3.05, 3.63) is 35.1 Å². The van der Waals surface area contributed by atoms with Crippen molar-refractivity contribution in [3.8, 4) is 0 Å². The van der Waals surface area contributed by atoms with Crippen molar-refractivity contribution >= 4 is 11.7 Å². The zero-order chi connectivity index (χ0) is 15.4. The normalized spacial score (nSPS) is 16.6. The van der Waals surface area contributed by atoms with Crippen LogP contribution in [0.1, 0.15) is 30.9 Å². The second-order valence-electron chi connectivity index (χ2n) is 5.15. The van der Waals surface area contributed by atoms with Gasteiger partial charge in [-0.05, 0) is 25.8 Å². The maximum Gasteiger partial charge on any atom is 0.237 e. The van der Waals surface area contributed by atoms with Crippen molar-refractivity contribution < 1.29 is 14.4 Å². The number of oxime groups is 1. The number of hydrogen-bond donors (Lipinski definition) is 4. The molecule has 21 heavy (non-hydrogen) atoms. The van der Waals surface area contributed by atoms with E-state index < -0.39 is 11.9 Å². The predicted molar refractivity (Wildman–Crippen MR) is 76.4 cm³/mol. The Morgan fingerprint density at radius 2 is 2.29 bits per heavy atom. The molecule has 1 aromatic rings. The molecule has 2 rings (SSSR count). The molecular formula is C14H19FN4O2. The van der Waals surface area contributed by atoms with Crippen LogP contribution in [0.2, 0.25) is 0 Å². The van der Waals surface area contributed by atoms with Gasteiger partial charge in [0.05, 0.1) is 11.6 Å². The molecule has 0 bridgehead atoms. The summed E-state index contributed by atoms with van der Waals surface area (Å²) in [5.74, 6) is -0.936. The molecule has 1 aliphatic rings. The SMILES string of the molecule is CC(NCc1cccc(/C(N)=N/O)c1F)C(=O)NC1CC1. The van der Waals surface area contributed by atoms with Crippen molar-refractivity contribution in [2.45, 2.75) is 38.4 Å². The highest BCUT2D eigenvalue weighted by Crippen LogP contribution is 2.18. The van der Waals surface area contributed by atoms with Gasteiger partial charge in [0, 0.05) is 18.2 Å². The monoisotopic (exact) mass is 294 g/mol. The van der Waals surface area contributed by atoms with E-state index >= 15 is 0 Å². The molecule has 0 spiro atoms. The lowest BCUT2D eigenvalue weighted by molar-refractivity contribution is -0.122. The number of hydrogen-bond acceptors (Lipinski definition) is 4. The zero-order valence-electron chi connectivity index (χ0n) is 11.8. The molecular weight excluding hydrogens is 275 g/mol. The first-order valence-electron chi connectivity index (χ1n) is 6.82. The van der Waals surface area contributed by atoms with Crippen LogP contribution in [0.25, 0.3) is 0 Å². The van der Waals surface area contributed by atoms with E-state index in [1.165, 1.54) is 6.07 Å². The maximum absolute atomic E-state index is 14.2. The highest BCUT2D eigenvalue weighted by atomic mass is 19.1. The molecule has 114 valence electrons. The first kappa shape index (κ1) is 15.2. The van der Waals surface area contributed by atoms with Gasteiger partial charge in [-0.1, -0.05) is 17.3 Å². The molecule has 0 radical (unpaired) electrons. The van der Waals surface area contributed by atoms with Gasteiger partial charge in [0.2, 0.25) is 5.91 Å². The standard InChI is InChI=1S/C14H19FN4O2/c1-8(14(20)18-10-5-6-10)17-7-9-3-2-4-11(12(9)15)13(16)19-21/h2-4,8,10,17,21H,5-7H2,1H3,(H2,16,19)(H,18,20). The molecule has 0 aromatic heterocycles. The zero-order valence-corrected chi connectivity index (χ0v) is 11.8. The van der Waals surface area contributed by atoms with Crippen LogP contribution in [0.15, 0.2) is 23.4 Å². The summed E-state index contributed by atoms with van der Waals surface area (Å²) in [6.45, 7) is 1.90. The summed E-state index contributed by atoms with van der Waals surface area (Å²) in [5.41, 5.74) is 5.79. The average molecular weight is 294 g/mol. The Morgan fingerprint density at radius 1 is 1.57 bits per heavy atom. The van der Waals surface area contributed by atoms with E-state index in [0.717, 1.165) is 12.8 Å². The molecule has 0 saturated heterocycles. The molecule has 1 atom stereocenters. The minimum absolute atomic E-state index is 0.0342. The molecule has 5 N–H and O–H groups in total. The van der Waals surface area contributed by atoms with Crippen molar-refractivity contribution in [1.29, 1.82) is 0 Å². The lowest BCUT2D eigenvalue weighted by Gasteiger charge is -2.14.